The molecule has 0 aromatic heterocycles. The highest BCUT2D eigenvalue weighted by Gasteiger charge is 2.53. The van der Waals surface area contributed by atoms with Crippen molar-refractivity contribution < 1.29 is 14.3 Å². The number of esters is 1. The predicted octanol–water partition coefficient (Wildman–Crippen LogP) is 3.55. The number of amides is 2. The highest BCUT2D eigenvalue weighted by Crippen LogP contribution is 2.50. The summed E-state index contributed by atoms with van der Waals surface area (Å²) in [4.78, 5) is 24.3. The minimum absolute atomic E-state index is 0.0588. The van der Waals surface area contributed by atoms with E-state index in [9.17, 15) is 9.59 Å². The highest BCUT2D eigenvalue weighted by atomic mass is 35.5. The normalized spacial score (nSPS) is 24.2. The molecule has 6 heteroatoms. The number of urea groups is 1. The summed E-state index contributed by atoms with van der Waals surface area (Å²) in [6.45, 7) is 2.51. The largest absolute Gasteiger partial charge is 0.462 e. The smallest absolute Gasteiger partial charge is 0.316 e. The van der Waals surface area contributed by atoms with Crippen LogP contribution in [0.1, 0.15) is 51.0 Å². The van der Waals surface area contributed by atoms with Gasteiger partial charge in [0.05, 0.1) is 5.41 Å². The van der Waals surface area contributed by atoms with E-state index in [-0.39, 0.29) is 24.1 Å². The maximum Gasteiger partial charge on any atom is 0.316 e. The number of hydrogen-bond donors (Lipinski definition) is 2. The summed E-state index contributed by atoms with van der Waals surface area (Å²) >= 11 is 6.06. The van der Waals surface area contributed by atoms with Gasteiger partial charge in [0.1, 0.15) is 6.10 Å². The van der Waals surface area contributed by atoms with Crippen molar-refractivity contribution in [1.29, 1.82) is 0 Å². The van der Waals surface area contributed by atoms with Crippen molar-refractivity contribution >= 4 is 23.6 Å². The molecule has 0 heterocycles. The zero-order chi connectivity index (χ0) is 17.9. The van der Waals surface area contributed by atoms with Gasteiger partial charge >= 0.3 is 12.0 Å². The van der Waals surface area contributed by atoms with Crippen molar-refractivity contribution in [2.24, 2.45) is 0 Å². The lowest BCUT2D eigenvalue weighted by molar-refractivity contribution is -0.154. The van der Waals surface area contributed by atoms with Crippen molar-refractivity contribution in [3.8, 4) is 0 Å². The number of hydrogen-bond acceptors (Lipinski definition) is 3. The Balaban J connectivity index is 1.51. The molecule has 2 aliphatic rings. The van der Waals surface area contributed by atoms with E-state index in [4.69, 9.17) is 16.3 Å². The molecule has 0 radical (unpaired) electrons. The first-order chi connectivity index (χ1) is 12.0. The Hall–Kier alpha value is -1.75. The van der Waals surface area contributed by atoms with Crippen molar-refractivity contribution in [2.75, 3.05) is 6.54 Å². The van der Waals surface area contributed by atoms with E-state index in [1.807, 2.05) is 31.2 Å². The molecule has 0 aliphatic heterocycles. The second kappa shape index (κ2) is 7.65. The fourth-order valence-corrected chi connectivity index (χ4v) is 3.70. The first kappa shape index (κ1) is 18.1. The van der Waals surface area contributed by atoms with Crippen LogP contribution in [0.15, 0.2) is 24.3 Å². The first-order valence-electron chi connectivity index (χ1n) is 9.05. The van der Waals surface area contributed by atoms with Crippen LogP contribution in [0.25, 0.3) is 0 Å². The van der Waals surface area contributed by atoms with Crippen LogP contribution in [-0.2, 0) is 14.9 Å². The van der Waals surface area contributed by atoms with Crippen LogP contribution >= 0.6 is 11.6 Å². The third kappa shape index (κ3) is 4.27. The SMILES string of the molecule is CCNC(=O)NC1CCC(OC(=O)C2(c3cccc(Cl)c3)CC2)CC1. The Morgan fingerprint density at radius 3 is 2.56 bits per heavy atom. The number of rotatable bonds is 5. The maximum absolute atomic E-state index is 12.7. The molecule has 136 valence electrons. The van der Waals surface area contributed by atoms with Crippen LogP contribution in [0.5, 0.6) is 0 Å². The summed E-state index contributed by atoms with van der Waals surface area (Å²) in [5, 5.41) is 6.35. The van der Waals surface area contributed by atoms with E-state index in [1.54, 1.807) is 0 Å². The van der Waals surface area contributed by atoms with Gasteiger partial charge in [-0.05, 0) is 63.1 Å². The summed E-state index contributed by atoms with van der Waals surface area (Å²) in [6.07, 6.45) is 4.82. The van der Waals surface area contributed by atoms with Gasteiger partial charge in [-0.3, -0.25) is 4.79 Å². The van der Waals surface area contributed by atoms with Crippen LogP contribution in [0.4, 0.5) is 4.79 Å². The first-order valence-corrected chi connectivity index (χ1v) is 9.43. The molecule has 0 bridgehead atoms. The molecule has 2 saturated carbocycles. The van der Waals surface area contributed by atoms with Gasteiger partial charge in [-0.25, -0.2) is 4.79 Å². The minimum Gasteiger partial charge on any atom is -0.462 e. The number of halogens is 1. The average Bonchev–Trinajstić information content (AvgIpc) is 3.39. The topological polar surface area (TPSA) is 67.4 Å². The molecule has 3 rings (SSSR count). The van der Waals surface area contributed by atoms with E-state index < -0.39 is 5.41 Å². The molecule has 1 aromatic carbocycles. The summed E-state index contributed by atoms with van der Waals surface area (Å²) in [5.41, 5.74) is 0.456. The summed E-state index contributed by atoms with van der Waals surface area (Å²) < 4.78 is 5.80. The van der Waals surface area contributed by atoms with Crippen molar-refractivity contribution in [3.05, 3.63) is 34.9 Å². The van der Waals surface area contributed by atoms with Gasteiger partial charge in [-0.1, -0.05) is 23.7 Å². The Labute approximate surface area is 153 Å². The van der Waals surface area contributed by atoms with Gasteiger partial charge in [0.25, 0.3) is 0 Å². The van der Waals surface area contributed by atoms with E-state index in [2.05, 4.69) is 10.6 Å². The summed E-state index contributed by atoms with van der Waals surface area (Å²) in [7, 11) is 0. The highest BCUT2D eigenvalue weighted by molar-refractivity contribution is 6.30. The fourth-order valence-electron chi connectivity index (χ4n) is 3.51. The van der Waals surface area contributed by atoms with Crippen molar-refractivity contribution in [2.45, 2.75) is 63.0 Å². The molecule has 0 unspecified atom stereocenters. The third-order valence-electron chi connectivity index (χ3n) is 5.14. The Kier molecular flexibility index (Phi) is 5.52. The minimum atomic E-state index is -0.499. The molecular formula is C19H25ClN2O3. The molecule has 1 aromatic rings. The van der Waals surface area contributed by atoms with Crippen LogP contribution in [0.2, 0.25) is 5.02 Å². The molecule has 0 atom stereocenters. The molecular weight excluding hydrogens is 340 g/mol. The molecule has 2 amide bonds. The van der Waals surface area contributed by atoms with Gasteiger partial charge < -0.3 is 15.4 Å². The van der Waals surface area contributed by atoms with Crippen molar-refractivity contribution in [1.82, 2.24) is 10.6 Å². The van der Waals surface area contributed by atoms with E-state index in [1.165, 1.54) is 0 Å². The van der Waals surface area contributed by atoms with E-state index in [0.29, 0.717) is 11.6 Å². The number of nitrogens with one attached hydrogen (secondary N) is 2. The molecule has 25 heavy (non-hydrogen) atoms. The van der Waals surface area contributed by atoms with Crippen LogP contribution in [-0.4, -0.2) is 30.7 Å². The van der Waals surface area contributed by atoms with Gasteiger partial charge in [0, 0.05) is 17.6 Å². The quantitative estimate of drug-likeness (QED) is 0.785. The number of ether oxygens (including phenoxy) is 1. The lowest BCUT2D eigenvalue weighted by atomic mass is 9.92. The van der Waals surface area contributed by atoms with Gasteiger partial charge in [-0.15, -0.1) is 0 Å². The van der Waals surface area contributed by atoms with Gasteiger partial charge in [-0.2, -0.15) is 0 Å². The molecule has 2 aliphatic carbocycles. The molecule has 2 N–H and O–H groups in total. The Bertz CT molecular complexity index is 637. The van der Waals surface area contributed by atoms with E-state index in [0.717, 1.165) is 44.1 Å². The standard InChI is InChI=1S/C19H25ClN2O3/c1-2-21-18(24)22-15-6-8-16(9-7-15)25-17(23)19(10-11-19)13-4-3-5-14(20)12-13/h3-5,12,15-16H,2,6-11H2,1H3,(H2,21,22,24). The second-order valence-electron chi connectivity index (χ2n) is 6.98. The molecule has 2 fully saturated rings. The lowest BCUT2D eigenvalue weighted by Gasteiger charge is -2.30. The lowest BCUT2D eigenvalue weighted by Crippen LogP contribution is -2.44. The summed E-state index contributed by atoms with van der Waals surface area (Å²) in [6, 6.07) is 7.54. The zero-order valence-electron chi connectivity index (χ0n) is 14.5. The predicted molar refractivity (Wildman–Crippen MR) is 96.7 cm³/mol. The third-order valence-corrected chi connectivity index (χ3v) is 5.37. The van der Waals surface area contributed by atoms with E-state index >= 15 is 0 Å². The number of benzene rings is 1. The molecule has 0 spiro atoms. The van der Waals surface area contributed by atoms with Crippen LogP contribution in [0, 0.1) is 0 Å². The fraction of sp³-hybridized carbons (Fsp3) is 0.579. The monoisotopic (exact) mass is 364 g/mol. The average molecular weight is 365 g/mol. The molecule has 5 nitrogen and oxygen atoms in total. The summed E-state index contributed by atoms with van der Waals surface area (Å²) in [5.74, 6) is -0.130. The van der Waals surface area contributed by atoms with Gasteiger partial charge in [0.15, 0.2) is 0 Å². The van der Waals surface area contributed by atoms with Crippen LogP contribution < -0.4 is 10.6 Å². The van der Waals surface area contributed by atoms with Crippen molar-refractivity contribution in [3.63, 3.8) is 0 Å². The maximum atomic E-state index is 12.7. The van der Waals surface area contributed by atoms with Gasteiger partial charge in [0.2, 0.25) is 0 Å². The molecule has 0 saturated heterocycles. The second-order valence-corrected chi connectivity index (χ2v) is 7.41. The Morgan fingerprint density at radius 2 is 1.96 bits per heavy atom. The number of carbonyl (C=O) groups is 2. The number of carbonyl (C=O) groups excluding carboxylic acids is 2. The Morgan fingerprint density at radius 1 is 1.24 bits per heavy atom. The van der Waals surface area contributed by atoms with Crippen LogP contribution in [0.3, 0.4) is 0 Å². The zero-order valence-corrected chi connectivity index (χ0v) is 15.3.